The second kappa shape index (κ2) is 3.75. The summed E-state index contributed by atoms with van der Waals surface area (Å²) in [6.45, 7) is 0.808. The van der Waals surface area contributed by atoms with Gasteiger partial charge in [-0.3, -0.25) is 4.79 Å². The van der Waals surface area contributed by atoms with Crippen LogP contribution in [0.25, 0.3) is 0 Å². The van der Waals surface area contributed by atoms with Crippen molar-refractivity contribution in [1.82, 2.24) is 4.98 Å². The first-order valence-corrected chi connectivity index (χ1v) is 4.64. The Morgan fingerprint density at radius 3 is 3.23 bits per heavy atom. The number of Topliss-reactive ketones (excluding diaryl/α,β-unsaturated/α-hetero) is 1. The van der Waals surface area contributed by atoms with E-state index in [4.69, 9.17) is 4.74 Å². The molecule has 1 aromatic rings. The minimum absolute atomic E-state index is 0.149. The second-order valence-electron chi connectivity index (χ2n) is 3.35. The predicted octanol–water partition coefficient (Wildman–Crippen LogP) is 1.77. The number of carbonyl (C=O) groups excluding carboxylic acids is 1. The highest BCUT2D eigenvalue weighted by molar-refractivity contribution is 5.94. The summed E-state index contributed by atoms with van der Waals surface area (Å²) in [6, 6.07) is 3.64. The molecule has 0 bridgehead atoms. The first kappa shape index (κ1) is 8.51. The predicted molar refractivity (Wildman–Crippen MR) is 48.7 cm³/mol. The molecule has 1 saturated heterocycles. The smallest absolute Gasteiger partial charge is 0.181 e. The van der Waals surface area contributed by atoms with Crippen molar-refractivity contribution in [2.45, 2.75) is 25.4 Å². The molecular weight excluding hydrogens is 166 g/mol. The first-order valence-electron chi connectivity index (χ1n) is 4.64. The minimum atomic E-state index is 0.149. The third-order valence-electron chi connectivity index (χ3n) is 2.34. The topological polar surface area (TPSA) is 42.1 Å². The van der Waals surface area contributed by atoms with Gasteiger partial charge in [-0.15, -0.1) is 0 Å². The molecule has 1 fully saturated rings. The van der Waals surface area contributed by atoms with E-state index >= 15 is 0 Å². The van der Waals surface area contributed by atoms with Gasteiger partial charge in [0.15, 0.2) is 5.78 Å². The molecule has 1 atom stereocenters. The van der Waals surface area contributed by atoms with Gasteiger partial charge in [0, 0.05) is 19.2 Å². The van der Waals surface area contributed by atoms with Crippen molar-refractivity contribution in [3.8, 4) is 0 Å². The van der Waals surface area contributed by atoms with E-state index in [1.54, 1.807) is 12.3 Å². The zero-order chi connectivity index (χ0) is 9.10. The van der Waals surface area contributed by atoms with Gasteiger partial charge in [-0.25, -0.2) is 0 Å². The van der Waals surface area contributed by atoms with Crippen molar-refractivity contribution >= 4 is 5.78 Å². The molecular formula is C10H13NO2. The quantitative estimate of drug-likeness (QED) is 0.718. The fourth-order valence-corrected chi connectivity index (χ4v) is 1.63. The molecule has 1 aromatic heterocycles. The van der Waals surface area contributed by atoms with Gasteiger partial charge < -0.3 is 9.72 Å². The number of hydrogen-bond acceptors (Lipinski definition) is 2. The number of aromatic amines is 1. The molecule has 2 rings (SSSR count). The molecule has 1 aliphatic heterocycles. The Bertz CT molecular complexity index is 273. The lowest BCUT2D eigenvalue weighted by Crippen LogP contribution is -2.12. The fourth-order valence-electron chi connectivity index (χ4n) is 1.63. The minimum Gasteiger partial charge on any atom is -0.378 e. The number of nitrogens with one attached hydrogen (secondary N) is 1. The SMILES string of the molecule is O=C(CC1CCCO1)c1ccc[nH]1. The molecule has 0 radical (unpaired) electrons. The normalized spacial score (nSPS) is 22.0. The molecule has 0 aliphatic carbocycles. The largest absolute Gasteiger partial charge is 0.378 e. The molecule has 0 aromatic carbocycles. The van der Waals surface area contributed by atoms with Gasteiger partial charge >= 0.3 is 0 Å². The number of carbonyl (C=O) groups is 1. The fraction of sp³-hybridized carbons (Fsp3) is 0.500. The third kappa shape index (κ3) is 1.98. The van der Waals surface area contributed by atoms with Gasteiger partial charge in [-0.2, -0.15) is 0 Å². The summed E-state index contributed by atoms with van der Waals surface area (Å²) in [6.07, 6.45) is 4.54. The third-order valence-corrected chi connectivity index (χ3v) is 2.34. The molecule has 1 unspecified atom stereocenters. The molecule has 13 heavy (non-hydrogen) atoms. The van der Waals surface area contributed by atoms with E-state index in [2.05, 4.69) is 4.98 Å². The van der Waals surface area contributed by atoms with Crippen molar-refractivity contribution in [3.05, 3.63) is 24.0 Å². The molecule has 0 saturated carbocycles. The van der Waals surface area contributed by atoms with Gasteiger partial charge in [0.1, 0.15) is 0 Å². The molecule has 1 aliphatic rings. The van der Waals surface area contributed by atoms with E-state index in [9.17, 15) is 4.79 Å². The Morgan fingerprint density at radius 2 is 2.62 bits per heavy atom. The maximum absolute atomic E-state index is 11.6. The molecule has 2 heterocycles. The highest BCUT2D eigenvalue weighted by atomic mass is 16.5. The summed E-state index contributed by atoms with van der Waals surface area (Å²) in [5, 5.41) is 0. The van der Waals surface area contributed by atoms with Gasteiger partial charge in [0.05, 0.1) is 11.8 Å². The Morgan fingerprint density at radius 1 is 1.69 bits per heavy atom. The van der Waals surface area contributed by atoms with E-state index in [-0.39, 0.29) is 11.9 Å². The van der Waals surface area contributed by atoms with E-state index in [1.807, 2.05) is 6.07 Å². The highest BCUT2D eigenvalue weighted by Crippen LogP contribution is 2.17. The Hall–Kier alpha value is -1.09. The maximum Gasteiger partial charge on any atom is 0.181 e. The number of ether oxygens (including phenoxy) is 1. The average Bonchev–Trinajstić information content (AvgIpc) is 2.74. The van der Waals surface area contributed by atoms with Crippen molar-refractivity contribution in [1.29, 1.82) is 0 Å². The van der Waals surface area contributed by atoms with Crippen molar-refractivity contribution < 1.29 is 9.53 Å². The lowest BCUT2D eigenvalue weighted by Gasteiger charge is -2.06. The summed E-state index contributed by atoms with van der Waals surface area (Å²) < 4.78 is 5.39. The summed E-state index contributed by atoms with van der Waals surface area (Å²) in [5.74, 6) is 0.150. The van der Waals surface area contributed by atoms with E-state index < -0.39 is 0 Å². The number of ketones is 1. The van der Waals surface area contributed by atoms with E-state index in [1.165, 1.54) is 0 Å². The number of rotatable bonds is 3. The molecule has 1 N–H and O–H groups in total. The molecule has 3 nitrogen and oxygen atoms in total. The number of H-pyrrole nitrogens is 1. The Balaban J connectivity index is 1.91. The van der Waals surface area contributed by atoms with Gasteiger partial charge in [0.2, 0.25) is 0 Å². The van der Waals surface area contributed by atoms with Crippen molar-refractivity contribution in [3.63, 3.8) is 0 Å². The summed E-state index contributed by atoms with van der Waals surface area (Å²) in [7, 11) is 0. The van der Waals surface area contributed by atoms with E-state index in [0.29, 0.717) is 12.1 Å². The summed E-state index contributed by atoms with van der Waals surface area (Å²) >= 11 is 0. The summed E-state index contributed by atoms with van der Waals surface area (Å²) in [4.78, 5) is 14.5. The highest BCUT2D eigenvalue weighted by Gasteiger charge is 2.19. The zero-order valence-corrected chi connectivity index (χ0v) is 7.45. The monoisotopic (exact) mass is 179 g/mol. The maximum atomic E-state index is 11.6. The van der Waals surface area contributed by atoms with Crippen LogP contribution in [0.15, 0.2) is 18.3 Å². The van der Waals surface area contributed by atoms with E-state index in [0.717, 1.165) is 19.4 Å². The van der Waals surface area contributed by atoms with Crippen molar-refractivity contribution in [2.24, 2.45) is 0 Å². The van der Waals surface area contributed by atoms with Gasteiger partial charge in [0.25, 0.3) is 0 Å². The first-order chi connectivity index (χ1) is 6.36. The van der Waals surface area contributed by atoms with Crippen LogP contribution in [-0.4, -0.2) is 23.5 Å². The van der Waals surface area contributed by atoms with Crippen LogP contribution in [0.3, 0.4) is 0 Å². The standard InChI is InChI=1S/C10H13NO2/c12-10(9-4-1-5-11-9)7-8-3-2-6-13-8/h1,4-5,8,11H,2-3,6-7H2. The molecule has 0 amide bonds. The Kier molecular flexibility index (Phi) is 2.45. The molecule has 3 heteroatoms. The van der Waals surface area contributed by atoms with Crippen LogP contribution in [0, 0.1) is 0 Å². The van der Waals surface area contributed by atoms with Crippen LogP contribution in [0.5, 0.6) is 0 Å². The number of aromatic nitrogens is 1. The molecule has 70 valence electrons. The lowest BCUT2D eigenvalue weighted by atomic mass is 10.1. The second-order valence-corrected chi connectivity index (χ2v) is 3.35. The lowest BCUT2D eigenvalue weighted by molar-refractivity contribution is 0.0772. The van der Waals surface area contributed by atoms with Crippen LogP contribution >= 0.6 is 0 Å². The summed E-state index contributed by atoms with van der Waals surface area (Å²) in [5.41, 5.74) is 0.690. The van der Waals surface area contributed by atoms with Gasteiger partial charge in [-0.05, 0) is 25.0 Å². The van der Waals surface area contributed by atoms with Crippen LogP contribution in [0.4, 0.5) is 0 Å². The molecule has 0 spiro atoms. The van der Waals surface area contributed by atoms with Crippen LogP contribution in [0.1, 0.15) is 29.8 Å². The van der Waals surface area contributed by atoms with Gasteiger partial charge in [-0.1, -0.05) is 0 Å². The van der Waals surface area contributed by atoms with Crippen molar-refractivity contribution in [2.75, 3.05) is 6.61 Å². The van der Waals surface area contributed by atoms with Crippen LogP contribution in [0.2, 0.25) is 0 Å². The zero-order valence-electron chi connectivity index (χ0n) is 7.45. The Labute approximate surface area is 77.1 Å². The van der Waals surface area contributed by atoms with Crippen LogP contribution < -0.4 is 0 Å². The average molecular weight is 179 g/mol. The van der Waals surface area contributed by atoms with Crippen LogP contribution in [-0.2, 0) is 4.74 Å². The number of hydrogen-bond donors (Lipinski definition) is 1.